The molecule has 66 heavy (non-hydrogen) atoms. The molecule has 15 nitrogen and oxygen atoms in total. The minimum Gasteiger partial charge on any atom is -0.459 e. The molecule has 0 bridgehead atoms. The molecular weight excluding hydrogens is 873 g/mol. The van der Waals surface area contributed by atoms with E-state index in [0.29, 0.717) is 43.2 Å². The highest BCUT2D eigenvalue weighted by Gasteiger charge is 2.50. The second-order valence-electron chi connectivity index (χ2n) is 17.1. The number of hydrogen-bond acceptors (Lipinski definition) is 15. The summed E-state index contributed by atoms with van der Waals surface area (Å²) in [5, 5.41) is 0. The van der Waals surface area contributed by atoms with Crippen molar-refractivity contribution < 1.29 is 70.2 Å². The van der Waals surface area contributed by atoms with Crippen molar-refractivity contribution in [3.8, 4) is 0 Å². The maximum Gasteiger partial charge on any atom is 0.338 e. The van der Waals surface area contributed by atoms with Crippen LogP contribution in [0, 0.1) is 5.92 Å². The molecule has 0 amide bonds. The van der Waals surface area contributed by atoms with Gasteiger partial charge in [-0.15, -0.1) is 0 Å². The average Bonchev–Trinajstić information content (AvgIpc) is 3.80. The molecule has 0 spiro atoms. The molecule has 0 N–H and O–H groups in total. The van der Waals surface area contributed by atoms with Gasteiger partial charge >= 0.3 is 23.9 Å². The Labute approximate surface area is 385 Å². The first-order chi connectivity index (χ1) is 31.8. The zero-order valence-electron chi connectivity index (χ0n) is 37.5. The normalized spacial score (nSPS) is 26.9. The average molecular weight is 931 g/mol. The molecule has 3 fully saturated rings. The van der Waals surface area contributed by atoms with Gasteiger partial charge in [-0.3, -0.25) is 4.79 Å². The Kier molecular flexibility index (Phi) is 16.6. The Bertz CT molecular complexity index is 2300. The number of esters is 4. The molecule has 7 rings (SSSR count). The van der Waals surface area contributed by atoms with Crippen LogP contribution in [0.15, 0.2) is 119 Å². The third-order valence-corrected chi connectivity index (χ3v) is 14.4. The standard InChI is InChI=1S/C50H58O15S/c1-31-24-35(20-21-40-32(2)47-41(63-40)22-23-45(51)65-47)61-42(38(31)28-59-46(52)29-57-3)26-43-39(30-66(55,56)37-18-12-7-13-19-37)48(58-4)44(64-43)25-36(62-50(54)34-16-10-6-11-17-34)27-60-49(53)33-14-8-5-9-15-33/h5-19,35-36,39-44,47-48H,2,20-30H2,1,3-4H3/t35?,36?,39?,40?,41?,42-,43+,44?,47?,48-/m1/s1. The van der Waals surface area contributed by atoms with E-state index in [1.54, 1.807) is 78.9 Å². The quantitative estimate of drug-likeness (QED) is 0.0709. The van der Waals surface area contributed by atoms with Gasteiger partial charge in [0.2, 0.25) is 0 Å². The number of rotatable bonds is 20. The summed E-state index contributed by atoms with van der Waals surface area (Å²) in [6.45, 7) is 5.50. The molecule has 4 aliphatic rings. The third-order valence-electron chi connectivity index (χ3n) is 12.6. The van der Waals surface area contributed by atoms with Crippen molar-refractivity contribution in [2.75, 3.05) is 39.8 Å². The maximum atomic E-state index is 14.2. The summed E-state index contributed by atoms with van der Waals surface area (Å²) in [5.41, 5.74) is 2.97. The van der Waals surface area contributed by atoms with Gasteiger partial charge in [-0.25, -0.2) is 22.8 Å². The van der Waals surface area contributed by atoms with E-state index >= 15 is 0 Å². The van der Waals surface area contributed by atoms with Crippen molar-refractivity contribution in [1.29, 1.82) is 0 Å². The molecule has 0 aromatic heterocycles. The van der Waals surface area contributed by atoms with Crippen molar-refractivity contribution >= 4 is 33.7 Å². The molecule has 4 aliphatic heterocycles. The number of carbonyl (C=O) groups is 4. The summed E-state index contributed by atoms with van der Waals surface area (Å²) in [7, 11) is -1.05. The van der Waals surface area contributed by atoms with Gasteiger partial charge in [-0.2, -0.15) is 0 Å². The third kappa shape index (κ3) is 12.2. The van der Waals surface area contributed by atoms with Crippen LogP contribution in [-0.2, 0) is 62.1 Å². The number of benzene rings is 3. The molecule has 3 aromatic rings. The van der Waals surface area contributed by atoms with E-state index in [-0.39, 0.29) is 73.2 Å². The monoisotopic (exact) mass is 930 g/mol. The highest BCUT2D eigenvalue weighted by atomic mass is 32.2. The Balaban J connectivity index is 1.15. The van der Waals surface area contributed by atoms with Crippen LogP contribution >= 0.6 is 0 Å². The Morgan fingerprint density at radius 2 is 1.48 bits per heavy atom. The molecule has 4 heterocycles. The zero-order valence-corrected chi connectivity index (χ0v) is 38.3. The highest BCUT2D eigenvalue weighted by molar-refractivity contribution is 7.91. The van der Waals surface area contributed by atoms with E-state index in [4.69, 9.17) is 42.6 Å². The van der Waals surface area contributed by atoms with Crippen LogP contribution in [0.3, 0.4) is 0 Å². The van der Waals surface area contributed by atoms with Crippen LogP contribution in [0.2, 0.25) is 0 Å². The fourth-order valence-electron chi connectivity index (χ4n) is 9.28. The molecule has 3 aromatic carbocycles. The van der Waals surface area contributed by atoms with Crippen molar-refractivity contribution in [3.05, 3.63) is 125 Å². The molecule has 0 radical (unpaired) electrons. The van der Waals surface area contributed by atoms with Crippen LogP contribution in [0.4, 0.5) is 0 Å². The number of ether oxygens (including phenoxy) is 9. The van der Waals surface area contributed by atoms with Gasteiger partial charge in [0, 0.05) is 39.4 Å². The fraction of sp³-hybridized carbons (Fsp3) is 0.480. The smallest absolute Gasteiger partial charge is 0.338 e. The second-order valence-corrected chi connectivity index (χ2v) is 19.1. The van der Waals surface area contributed by atoms with E-state index in [2.05, 4.69) is 6.58 Å². The SMILES string of the molecule is C=C1C(CCC2CC(C)=C(COC(=O)COC)[C@@H](C[C@@H]3OC(CC(COC(=O)c4ccccc4)OC(=O)c4ccccc4)[C@H](OC)C3CS(=O)(=O)c3ccccc3)O2)OC2CCC(=O)OC12. The van der Waals surface area contributed by atoms with Crippen LogP contribution in [0.25, 0.3) is 0 Å². The first-order valence-corrected chi connectivity index (χ1v) is 23.9. The van der Waals surface area contributed by atoms with Crippen LogP contribution in [-0.4, -0.2) is 127 Å². The molecule has 0 saturated carbocycles. The van der Waals surface area contributed by atoms with Crippen molar-refractivity contribution in [2.24, 2.45) is 5.92 Å². The predicted molar refractivity (Wildman–Crippen MR) is 238 cm³/mol. The zero-order chi connectivity index (χ0) is 46.8. The van der Waals surface area contributed by atoms with Gasteiger partial charge < -0.3 is 42.6 Å². The summed E-state index contributed by atoms with van der Waals surface area (Å²) in [6, 6.07) is 24.9. The van der Waals surface area contributed by atoms with Crippen molar-refractivity contribution in [1.82, 2.24) is 0 Å². The lowest BCUT2D eigenvalue weighted by molar-refractivity contribution is -0.158. The largest absolute Gasteiger partial charge is 0.459 e. The summed E-state index contributed by atoms with van der Waals surface area (Å²) in [5.74, 6) is -3.23. The topological polar surface area (TPSA) is 185 Å². The number of sulfone groups is 1. The molecule has 10 atom stereocenters. The van der Waals surface area contributed by atoms with Gasteiger partial charge in [0.05, 0.1) is 64.5 Å². The van der Waals surface area contributed by atoms with Crippen molar-refractivity contribution in [2.45, 2.75) is 112 Å². The fourth-order valence-corrected chi connectivity index (χ4v) is 11.0. The van der Waals surface area contributed by atoms with E-state index < -0.39 is 70.3 Å². The highest BCUT2D eigenvalue weighted by Crippen LogP contribution is 2.41. The van der Waals surface area contributed by atoms with E-state index in [0.717, 1.165) is 11.1 Å². The Hall–Kier alpha value is -5.23. The minimum absolute atomic E-state index is 0.0232. The van der Waals surface area contributed by atoms with E-state index in [1.165, 1.54) is 26.4 Å². The lowest BCUT2D eigenvalue weighted by Crippen LogP contribution is -2.40. The van der Waals surface area contributed by atoms with Gasteiger partial charge in [0.25, 0.3) is 0 Å². The number of methoxy groups -OCH3 is 2. The number of fused-ring (bicyclic) bond motifs is 1. The van der Waals surface area contributed by atoms with Crippen LogP contribution < -0.4 is 0 Å². The Morgan fingerprint density at radius 1 is 0.818 bits per heavy atom. The molecule has 354 valence electrons. The van der Waals surface area contributed by atoms with Gasteiger partial charge in [-0.1, -0.05) is 66.7 Å². The molecular formula is C50H58O15S. The summed E-state index contributed by atoms with van der Waals surface area (Å²) < 4.78 is 82.4. The van der Waals surface area contributed by atoms with Gasteiger partial charge in [0.15, 0.2) is 15.9 Å². The number of hydrogen-bond donors (Lipinski definition) is 0. The first-order valence-electron chi connectivity index (χ1n) is 22.3. The number of carbonyl (C=O) groups excluding carboxylic acids is 4. The molecule has 3 saturated heterocycles. The van der Waals surface area contributed by atoms with Gasteiger partial charge in [-0.05, 0) is 80.2 Å². The maximum absolute atomic E-state index is 14.2. The van der Waals surface area contributed by atoms with Crippen molar-refractivity contribution in [3.63, 3.8) is 0 Å². The molecule has 7 unspecified atom stereocenters. The second kappa shape index (κ2) is 22.5. The van der Waals surface area contributed by atoms with Crippen LogP contribution in [0.5, 0.6) is 0 Å². The Morgan fingerprint density at radius 3 is 2.15 bits per heavy atom. The minimum atomic E-state index is -3.92. The lowest BCUT2D eigenvalue weighted by Gasteiger charge is -2.36. The van der Waals surface area contributed by atoms with Crippen LogP contribution in [0.1, 0.15) is 72.6 Å². The molecule has 0 aliphatic carbocycles. The summed E-state index contributed by atoms with van der Waals surface area (Å²) in [4.78, 5) is 51.4. The first kappa shape index (κ1) is 48.7. The summed E-state index contributed by atoms with van der Waals surface area (Å²) >= 11 is 0. The van der Waals surface area contributed by atoms with E-state index in [9.17, 15) is 27.6 Å². The van der Waals surface area contributed by atoms with E-state index in [1.807, 2.05) is 6.92 Å². The lowest BCUT2D eigenvalue weighted by atomic mass is 9.87. The molecule has 16 heteroatoms. The predicted octanol–water partition coefficient (Wildman–Crippen LogP) is 6.19. The van der Waals surface area contributed by atoms with Gasteiger partial charge in [0.1, 0.15) is 25.9 Å². The summed E-state index contributed by atoms with van der Waals surface area (Å²) in [6.07, 6.45) is -3.01.